The highest BCUT2D eigenvalue weighted by Gasteiger charge is 2.52. The molecule has 3 rings (SSSR count). The zero-order valence-electron chi connectivity index (χ0n) is 18.8. The van der Waals surface area contributed by atoms with Gasteiger partial charge in [-0.15, -0.1) is 0 Å². The first kappa shape index (κ1) is 22.8. The smallest absolute Gasteiger partial charge is 0.445 e. The van der Waals surface area contributed by atoms with Gasteiger partial charge < -0.3 is 25.1 Å². The topological polar surface area (TPSA) is 95.7 Å². The lowest BCUT2D eigenvalue weighted by Gasteiger charge is -2.32. The van der Waals surface area contributed by atoms with Crippen molar-refractivity contribution in [1.82, 2.24) is 10.3 Å². The second-order valence-electron chi connectivity index (χ2n) is 8.66. The molecule has 0 spiro atoms. The van der Waals surface area contributed by atoms with Gasteiger partial charge in [0.25, 0.3) is 0 Å². The number of nitrogens with zero attached hydrogens (tertiary/aromatic N) is 1. The molecule has 31 heavy (non-hydrogen) atoms. The second kappa shape index (κ2) is 9.12. The molecule has 1 aliphatic heterocycles. The predicted molar refractivity (Wildman–Crippen MR) is 122 cm³/mol. The summed E-state index contributed by atoms with van der Waals surface area (Å²) >= 11 is 0. The lowest BCUT2D eigenvalue weighted by atomic mass is 9.77. The monoisotopic (exact) mass is 423 g/mol. The number of anilines is 1. The molecule has 1 saturated heterocycles. The molecule has 0 aliphatic carbocycles. The van der Waals surface area contributed by atoms with Gasteiger partial charge in [-0.25, -0.2) is 9.78 Å². The number of alkyl carbamates (subject to hydrolysis) is 1. The number of nitrogens with two attached hydrogens (primary N) is 1. The number of pyridine rings is 1. The third kappa shape index (κ3) is 5.65. The Kier molecular flexibility index (Phi) is 6.72. The first-order valence-corrected chi connectivity index (χ1v) is 10.3. The third-order valence-electron chi connectivity index (χ3n) is 5.69. The Morgan fingerprint density at radius 3 is 2.42 bits per heavy atom. The lowest BCUT2D eigenvalue weighted by Crippen LogP contribution is -2.41. The Morgan fingerprint density at radius 2 is 1.77 bits per heavy atom. The Labute approximate surface area is 184 Å². The van der Waals surface area contributed by atoms with Crippen molar-refractivity contribution in [1.29, 1.82) is 0 Å². The number of ether oxygens (including phenoxy) is 1. The summed E-state index contributed by atoms with van der Waals surface area (Å²) in [6.07, 6.45) is 1.33. The summed E-state index contributed by atoms with van der Waals surface area (Å²) in [6, 6.07) is 13.2. The van der Waals surface area contributed by atoms with Crippen LogP contribution in [-0.4, -0.2) is 35.9 Å². The van der Waals surface area contributed by atoms with E-state index in [1.807, 2.05) is 77.1 Å². The van der Waals surface area contributed by atoms with Crippen LogP contribution in [0.1, 0.15) is 44.5 Å². The minimum absolute atomic E-state index is 0.181. The average molecular weight is 423 g/mol. The Morgan fingerprint density at radius 1 is 1.13 bits per heavy atom. The first-order chi connectivity index (χ1) is 14.6. The summed E-state index contributed by atoms with van der Waals surface area (Å²) in [5.74, 6) is 0.417. The minimum atomic E-state index is -0.637. The fourth-order valence-electron chi connectivity index (χ4n) is 3.03. The largest absolute Gasteiger partial charge is 0.492 e. The van der Waals surface area contributed by atoms with Gasteiger partial charge in [0.1, 0.15) is 12.4 Å². The number of hydrogen-bond acceptors (Lipinski definition) is 6. The number of aromatic nitrogens is 1. The van der Waals surface area contributed by atoms with Gasteiger partial charge in [0, 0.05) is 6.54 Å². The van der Waals surface area contributed by atoms with E-state index in [-0.39, 0.29) is 13.2 Å². The molecule has 1 aromatic carbocycles. The van der Waals surface area contributed by atoms with Crippen LogP contribution in [-0.2, 0) is 20.7 Å². The van der Waals surface area contributed by atoms with Gasteiger partial charge in [-0.2, -0.15) is 0 Å². The van der Waals surface area contributed by atoms with Crippen molar-refractivity contribution in [3.63, 3.8) is 0 Å². The number of hydrogen-bond donors (Lipinski definition) is 2. The third-order valence-corrected chi connectivity index (χ3v) is 5.69. The van der Waals surface area contributed by atoms with Gasteiger partial charge in [0.2, 0.25) is 0 Å². The van der Waals surface area contributed by atoms with Gasteiger partial charge in [-0.05, 0) is 63.4 Å². The van der Waals surface area contributed by atoms with Gasteiger partial charge in [0.15, 0.2) is 0 Å². The highest BCUT2D eigenvalue weighted by atomic mass is 16.7. The summed E-state index contributed by atoms with van der Waals surface area (Å²) < 4.78 is 17.7. The van der Waals surface area contributed by atoms with E-state index in [9.17, 15) is 4.79 Å². The maximum atomic E-state index is 12.3. The van der Waals surface area contributed by atoms with E-state index in [4.69, 9.17) is 19.8 Å². The Hall–Kier alpha value is -2.84. The minimum Gasteiger partial charge on any atom is -0.445 e. The van der Waals surface area contributed by atoms with E-state index in [0.29, 0.717) is 11.5 Å². The molecule has 0 unspecified atom stereocenters. The van der Waals surface area contributed by atoms with Crippen LogP contribution in [0.2, 0.25) is 0 Å². The zero-order valence-corrected chi connectivity index (χ0v) is 18.8. The molecule has 1 aliphatic rings. The Bertz CT molecular complexity index is 945. The van der Waals surface area contributed by atoms with Gasteiger partial charge >= 0.3 is 13.2 Å². The molecule has 3 N–H and O–H groups in total. The van der Waals surface area contributed by atoms with Crippen LogP contribution in [0.15, 0.2) is 47.9 Å². The van der Waals surface area contributed by atoms with Crippen LogP contribution in [0.5, 0.6) is 0 Å². The number of aryl methyl sites for hydroxylation is 1. The summed E-state index contributed by atoms with van der Waals surface area (Å²) in [4.78, 5) is 16.7. The van der Waals surface area contributed by atoms with Gasteiger partial charge in [0.05, 0.1) is 16.9 Å². The lowest BCUT2D eigenvalue weighted by molar-refractivity contribution is 0.00578. The average Bonchev–Trinajstić information content (AvgIpc) is 2.94. The van der Waals surface area contributed by atoms with Crippen LogP contribution in [0, 0.1) is 6.92 Å². The SMILES string of the molecule is Cc1ccc(N)nc1C=C(CNC(=O)OCc1ccccc1)B1OC(C)(C)C(C)(C)O1. The molecule has 8 heteroatoms. The van der Waals surface area contributed by atoms with Crippen molar-refractivity contribution in [3.8, 4) is 0 Å². The van der Waals surface area contributed by atoms with Crippen LogP contribution in [0.4, 0.5) is 10.6 Å². The number of rotatable bonds is 6. The van der Waals surface area contributed by atoms with E-state index in [0.717, 1.165) is 16.6 Å². The fraction of sp³-hybridized carbons (Fsp3) is 0.391. The van der Waals surface area contributed by atoms with E-state index >= 15 is 0 Å². The standard InChI is InChI=1S/C23H30BN3O4/c1-16-11-12-20(25)27-19(16)13-18(24-30-22(2,3)23(4,5)31-24)14-26-21(28)29-15-17-9-7-6-8-10-17/h6-13H,14-15H2,1-5H3,(H2,25,27)(H,26,28). The molecule has 164 valence electrons. The maximum absolute atomic E-state index is 12.3. The van der Waals surface area contributed by atoms with Crippen molar-refractivity contribution in [2.45, 2.75) is 52.4 Å². The summed E-state index contributed by atoms with van der Waals surface area (Å²) in [5.41, 5.74) is 8.13. The molecule has 0 saturated carbocycles. The van der Waals surface area contributed by atoms with E-state index in [1.54, 1.807) is 6.07 Å². The molecule has 0 atom stereocenters. The molecule has 1 fully saturated rings. The van der Waals surface area contributed by atoms with E-state index in [2.05, 4.69) is 10.3 Å². The van der Waals surface area contributed by atoms with Crippen molar-refractivity contribution in [2.75, 3.05) is 12.3 Å². The van der Waals surface area contributed by atoms with E-state index < -0.39 is 24.4 Å². The van der Waals surface area contributed by atoms with Crippen molar-refractivity contribution >= 4 is 25.1 Å². The molecule has 2 heterocycles. The molecular formula is C23H30BN3O4. The zero-order chi connectivity index (χ0) is 22.6. The molecule has 2 aromatic rings. The van der Waals surface area contributed by atoms with Crippen molar-refractivity contribution < 1.29 is 18.8 Å². The normalized spacial score (nSPS) is 17.5. The van der Waals surface area contributed by atoms with Crippen LogP contribution in [0.25, 0.3) is 6.08 Å². The number of benzene rings is 1. The molecule has 1 aromatic heterocycles. The van der Waals surface area contributed by atoms with Crippen LogP contribution in [0.3, 0.4) is 0 Å². The number of nitrogens with one attached hydrogen (secondary N) is 1. The van der Waals surface area contributed by atoms with Gasteiger partial charge in [-0.3, -0.25) is 0 Å². The van der Waals surface area contributed by atoms with Crippen LogP contribution >= 0.6 is 0 Å². The van der Waals surface area contributed by atoms with Gasteiger partial charge in [-0.1, -0.05) is 36.4 Å². The highest BCUT2D eigenvalue weighted by Crippen LogP contribution is 2.38. The summed E-state index contributed by atoms with van der Waals surface area (Å²) in [5, 5.41) is 2.79. The molecule has 0 bridgehead atoms. The number of carbonyl (C=O) groups excluding carboxylic acids is 1. The number of amides is 1. The summed E-state index contributed by atoms with van der Waals surface area (Å²) in [6.45, 7) is 10.2. The number of nitrogen functional groups attached to an aromatic ring is 1. The maximum Gasteiger partial charge on any atom is 0.492 e. The van der Waals surface area contributed by atoms with Crippen LogP contribution < -0.4 is 11.1 Å². The van der Waals surface area contributed by atoms with Crippen molar-refractivity contribution in [3.05, 3.63) is 64.8 Å². The highest BCUT2D eigenvalue weighted by molar-refractivity contribution is 6.56. The Balaban J connectivity index is 1.75. The quantitative estimate of drug-likeness (QED) is 0.684. The predicted octanol–water partition coefficient (Wildman–Crippen LogP) is 3.91. The second-order valence-corrected chi connectivity index (χ2v) is 8.66. The molecule has 1 amide bonds. The first-order valence-electron chi connectivity index (χ1n) is 10.3. The number of carbonyl (C=O) groups is 1. The molecule has 0 radical (unpaired) electrons. The van der Waals surface area contributed by atoms with Crippen molar-refractivity contribution in [2.24, 2.45) is 0 Å². The fourth-order valence-corrected chi connectivity index (χ4v) is 3.03. The van der Waals surface area contributed by atoms with E-state index in [1.165, 1.54) is 0 Å². The molecule has 7 nitrogen and oxygen atoms in total. The molecular weight excluding hydrogens is 393 g/mol. The summed E-state index contributed by atoms with van der Waals surface area (Å²) in [7, 11) is -0.637.